The molecule has 0 bridgehead atoms. The molecule has 1 heterocycles. The molecular formula is C13H9IN2O3. The first-order chi connectivity index (χ1) is 9.10. The maximum Gasteiger partial charge on any atom is 0.326 e. The average Bonchev–Trinajstić information content (AvgIpc) is 2.67. The molecule has 96 valence electrons. The summed E-state index contributed by atoms with van der Waals surface area (Å²) in [6.45, 7) is 0.203. The van der Waals surface area contributed by atoms with E-state index >= 15 is 0 Å². The average molecular weight is 368 g/mol. The monoisotopic (exact) mass is 368 g/mol. The van der Waals surface area contributed by atoms with Crippen LogP contribution in [-0.4, -0.2) is 18.5 Å². The van der Waals surface area contributed by atoms with Crippen LogP contribution in [0.4, 0.5) is 4.79 Å². The largest absolute Gasteiger partial charge is 0.480 e. The van der Waals surface area contributed by atoms with Crippen LogP contribution in [0.3, 0.4) is 0 Å². The van der Waals surface area contributed by atoms with Gasteiger partial charge in [0.2, 0.25) is 0 Å². The third kappa shape index (κ3) is 3.26. The fraction of sp³-hybridized carbons (Fsp3) is 0.0769. The van der Waals surface area contributed by atoms with Crippen molar-refractivity contribution >= 4 is 40.6 Å². The second-order valence-corrected chi connectivity index (χ2v) is 4.81. The van der Waals surface area contributed by atoms with E-state index in [4.69, 9.17) is 11.2 Å². The number of urea groups is 1. The normalized spacial score (nSPS) is 15.9. The molecule has 0 saturated carbocycles. The summed E-state index contributed by atoms with van der Waals surface area (Å²) in [5, 5.41) is 4.56. The van der Waals surface area contributed by atoms with Crippen LogP contribution in [0.25, 0.3) is 6.08 Å². The third-order valence-corrected chi connectivity index (χ3v) is 3.14. The van der Waals surface area contributed by atoms with Gasteiger partial charge in [-0.25, -0.2) is 4.79 Å². The van der Waals surface area contributed by atoms with Gasteiger partial charge in [-0.3, -0.25) is 10.1 Å². The van der Waals surface area contributed by atoms with E-state index in [9.17, 15) is 9.59 Å². The Morgan fingerprint density at radius 1 is 1.37 bits per heavy atom. The van der Waals surface area contributed by atoms with Crippen molar-refractivity contribution in [3.8, 4) is 18.1 Å². The summed E-state index contributed by atoms with van der Waals surface area (Å²) in [7, 11) is 0. The summed E-state index contributed by atoms with van der Waals surface area (Å²) in [6, 6.07) is 4.86. The predicted octanol–water partition coefficient (Wildman–Crippen LogP) is 1.48. The van der Waals surface area contributed by atoms with Crippen molar-refractivity contribution in [2.75, 3.05) is 6.61 Å². The molecule has 1 aromatic carbocycles. The number of terminal acetylenes is 1. The molecule has 0 atom stereocenters. The number of carbonyl (C=O) groups excluding carboxylic acids is 2. The topological polar surface area (TPSA) is 67.4 Å². The van der Waals surface area contributed by atoms with Gasteiger partial charge in [-0.05, 0) is 46.4 Å². The third-order valence-electron chi connectivity index (χ3n) is 2.30. The van der Waals surface area contributed by atoms with Gasteiger partial charge in [-0.15, -0.1) is 6.42 Å². The number of benzene rings is 1. The van der Waals surface area contributed by atoms with Crippen LogP contribution in [0.5, 0.6) is 5.75 Å². The molecule has 0 aliphatic carbocycles. The fourth-order valence-electron chi connectivity index (χ4n) is 1.49. The standard InChI is InChI=1S/C13H9IN2O3/c1-2-5-19-11-4-3-8(6-9(11)14)7-10-12(17)16-13(18)15-10/h1,3-4,6-7H,5H2,(H2,15,16,17,18)/b10-7+. The molecule has 0 aromatic heterocycles. The molecule has 1 fully saturated rings. The molecule has 2 N–H and O–H groups in total. The van der Waals surface area contributed by atoms with Gasteiger partial charge >= 0.3 is 6.03 Å². The molecule has 2 rings (SSSR count). The smallest absolute Gasteiger partial charge is 0.326 e. The lowest BCUT2D eigenvalue weighted by atomic mass is 10.2. The number of halogens is 1. The van der Waals surface area contributed by atoms with Crippen molar-refractivity contribution in [1.29, 1.82) is 0 Å². The SMILES string of the molecule is C#CCOc1ccc(/C=C2/NC(=O)NC2=O)cc1I. The highest BCUT2D eigenvalue weighted by atomic mass is 127. The molecule has 1 aromatic rings. The lowest BCUT2D eigenvalue weighted by Gasteiger charge is -2.06. The summed E-state index contributed by atoms with van der Waals surface area (Å²) in [4.78, 5) is 22.3. The van der Waals surface area contributed by atoms with E-state index in [0.717, 1.165) is 9.13 Å². The molecular weight excluding hydrogens is 359 g/mol. The fourth-order valence-corrected chi connectivity index (χ4v) is 2.19. The van der Waals surface area contributed by atoms with Crippen molar-refractivity contribution in [3.05, 3.63) is 33.0 Å². The van der Waals surface area contributed by atoms with Gasteiger partial charge < -0.3 is 10.1 Å². The number of hydrogen-bond donors (Lipinski definition) is 2. The second-order valence-electron chi connectivity index (χ2n) is 3.65. The quantitative estimate of drug-likeness (QED) is 0.368. The van der Waals surface area contributed by atoms with Crippen LogP contribution in [0, 0.1) is 15.9 Å². The molecule has 3 amide bonds. The van der Waals surface area contributed by atoms with Crippen molar-refractivity contribution in [2.45, 2.75) is 0 Å². The Kier molecular flexibility index (Phi) is 4.06. The van der Waals surface area contributed by atoms with E-state index < -0.39 is 11.9 Å². The molecule has 5 nitrogen and oxygen atoms in total. The van der Waals surface area contributed by atoms with Gasteiger partial charge in [-0.2, -0.15) is 0 Å². The molecule has 19 heavy (non-hydrogen) atoms. The van der Waals surface area contributed by atoms with Crippen LogP contribution in [0.2, 0.25) is 0 Å². The minimum absolute atomic E-state index is 0.203. The number of amides is 3. The van der Waals surface area contributed by atoms with Crippen LogP contribution >= 0.6 is 22.6 Å². The van der Waals surface area contributed by atoms with Gasteiger partial charge in [0.1, 0.15) is 18.1 Å². The lowest BCUT2D eigenvalue weighted by molar-refractivity contribution is -0.115. The molecule has 1 aliphatic rings. The van der Waals surface area contributed by atoms with Crippen LogP contribution in [0.1, 0.15) is 5.56 Å². The Hall–Kier alpha value is -2.01. The summed E-state index contributed by atoms with van der Waals surface area (Å²) in [5.41, 5.74) is 1.00. The Morgan fingerprint density at radius 2 is 2.16 bits per heavy atom. The highest BCUT2D eigenvalue weighted by Crippen LogP contribution is 2.23. The van der Waals surface area contributed by atoms with E-state index in [-0.39, 0.29) is 12.3 Å². The lowest BCUT2D eigenvalue weighted by Crippen LogP contribution is -2.22. The molecule has 0 radical (unpaired) electrons. The minimum Gasteiger partial charge on any atom is -0.480 e. The molecule has 0 spiro atoms. The van der Waals surface area contributed by atoms with Crippen molar-refractivity contribution in [2.24, 2.45) is 0 Å². The first-order valence-corrected chi connectivity index (χ1v) is 6.38. The Labute approximate surface area is 123 Å². The zero-order chi connectivity index (χ0) is 13.8. The highest BCUT2D eigenvalue weighted by Gasteiger charge is 2.22. The van der Waals surface area contributed by atoms with E-state index in [2.05, 4.69) is 39.1 Å². The van der Waals surface area contributed by atoms with Crippen LogP contribution in [-0.2, 0) is 4.79 Å². The summed E-state index contributed by atoms with van der Waals surface area (Å²) in [6.07, 6.45) is 6.71. The van der Waals surface area contributed by atoms with Crippen molar-refractivity contribution in [3.63, 3.8) is 0 Å². The van der Waals surface area contributed by atoms with Gasteiger partial charge in [0.15, 0.2) is 0 Å². The van der Waals surface area contributed by atoms with E-state index in [1.54, 1.807) is 18.2 Å². The number of imide groups is 1. The molecule has 1 saturated heterocycles. The van der Waals surface area contributed by atoms with Crippen LogP contribution < -0.4 is 15.4 Å². The maximum absolute atomic E-state index is 11.4. The first-order valence-electron chi connectivity index (χ1n) is 5.30. The highest BCUT2D eigenvalue weighted by molar-refractivity contribution is 14.1. The Balaban J connectivity index is 2.21. The van der Waals surface area contributed by atoms with E-state index in [1.807, 2.05) is 6.07 Å². The number of nitrogens with one attached hydrogen (secondary N) is 2. The van der Waals surface area contributed by atoms with E-state index in [0.29, 0.717) is 5.75 Å². The summed E-state index contributed by atoms with van der Waals surface area (Å²) in [5.74, 6) is 2.63. The number of carbonyl (C=O) groups is 2. The number of ether oxygens (including phenoxy) is 1. The van der Waals surface area contributed by atoms with E-state index in [1.165, 1.54) is 0 Å². The molecule has 6 heteroatoms. The second kappa shape index (κ2) is 5.75. The maximum atomic E-state index is 11.4. The van der Waals surface area contributed by atoms with Crippen molar-refractivity contribution in [1.82, 2.24) is 10.6 Å². The first kappa shape index (κ1) is 13.4. The van der Waals surface area contributed by atoms with Gasteiger partial charge in [0.25, 0.3) is 5.91 Å². The number of hydrogen-bond acceptors (Lipinski definition) is 3. The Bertz CT molecular complexity index is 617. The van der Waals surface area contributed by atoms with Crippen LogP contribution in [0.15, 0.2) is 23.9 Å². The summed E-state index contributed by atoms with van der Waals surface area (Å²) >= 11 is 2.11. The Morgan fingerprint density at radius 3 is 2.74 bits per heavy atom. The van der Waals surface area contributed by atoms with Gasteiger partial charge in [0, 0.05) is 0 Å². The van der Waals surface area contributed by atoms with Crippen molar-refractivity contribution < 1.29 is 14.3 Å². The van der Waals surface area contributed by atoms with Gasteiger partial charge in [0.05, 0.1) is 3.57 Å². The zero-order valence-corrected chi connectivity index (χ0v) is 11.9. The van der Waals surface area contributed by atoms with Gasteiger partial charge in [-0.1, -0.05) is 12.0 Å². The summed E-state index contributed by atoms with van der Waals surface area (Å²) < 4.78 is 6.20. The minimum atomic E-state index is -0.514. The predicted molar refractivity (Wildman–Crippen MR) is 78.1 cm³/mol. The molecule has 0 unspecified atom stereocenters. The molecule has 1 aliphatic heterocycles. The zero-order valence-electron chi connectivity index (χ0n) is 9.70. The number of rotatable bonds is 3.